The molecule has 0 amide bonds. The van der Waals surface area contributed by atoms with Gasteiger partial charge in [0, 0.05) is 5.56 Å². The van der Waals surface area contributed by atoms with Crippen molar-refractivity contribution in [2.45, 2.75) is 5.92 Å². The summed E-state index contributed by atoms with van der Waals surface area (Å²) in [6, 6.07) is 28.0. The second-order valence-electron chi connectivity index (χ2n) is 5.61. The summed E-state index contributed by atoms with van der Waals surface area (Å²) in [7, 11) is 0. The van der Waals surface area contributed by atoms with Crippen LogP contribution in [0, 0.1) is 0 Å². The second kappa shape index (κ2) is 7.57. The van der Waals surface area contributed by atoms with Crippen molar-refractivity contribution >= 4 is 11.5 Å². The molecule has 1 N–H and O–H groups in total. The number of hydrogen-bond acceptors (Lipinski definition) is 3. The number of anilines is 1. The van der Waals surface area contributed by atoms with E-state index in [1.54, 1.807) is 0 Å². The molecule has 1 atom stereocenters. The van der Waals surface area contributed by atoms with Crippen LogP contribution >= 0.6 is 0 Å². The van der Waals surface area contributed by atoms with Crippen molar-refractivity contribution in [1.29, 1.82) is 0 Å². The standard InChI is InChI=1S/C21H19NO2/c23-21(18-12-6-2-7-13-18)20(17-10-4-1-5-11-17)16-22(24)19-14-8-3-9-15-19/h1-15,20,24H,16H2/t20-/m0/s1. The summed E-state index contributed by atoms with van der Waals surface area (Å²) in [5.74, 6) is -0.449. The summed E-state index contributed by atoms with van der Waals surface area (Å²) in [6.07, 6.45) is 0. The van der Waals surface area contributed by atoms with Crippen LogP contribution in [0.1, 0.15) is 21.8 Å². The molecule has 3 aromatic rings. The molecule has 0 aromatic heterocycles. The quantitative estimate of drug-likeness (QED) is 0.535. The van der Waals surface area contributed by atoms with Gasteiger partial charge in [-0.2, -0.15) is 0 Å². The first-order valence-corrected chi connectivity index (χ1v) is 7.91. The topological polar surface area (TPSA) is 40.5 Å². The predicted molar refractivity (Wildman–Crippen MR) is 95.5 cm³/mol. The van der Waals surface area contributed by atoms with Gasteiger partial charge in [-0.05, 0) is 17.7 Å². The van der Waals surface area contributed by atoms with E-state index < -0.39 is 5.92 Å². The number of para-hydroxylation sites is 1. The summed E-state index contributed by atoms with van der Waals surface area (Å²) in [4.78, 5) is 13.0. The molecule has 24 heavy (non-hydrogen) atoms. The van der Waals surface area contributed by atoms with Crippen molar-refractivity contribution in [2.75, 3.05) is 11.6 Å². The molecule has 0 radical (unpaired) electrons. The smallest absolute Gasteiger partial charge is 0.172 e. The van der Waals surface area contributed by atoms with Crippen LogP contribution in [0.25, 0.3) is 0 Å². The molecule has 3 heteroatoms. The Morgan fingerprint density at radius 2 is 1.29 bits per heavy atom. The maximum atomic E-state index is 13.0. The molecule has 0 saturated carbocycles. The van der Waals surface area contributed by atoms with Crippen LogP contribution in [-0.4, -0.2) is 17.5 Å². The van der Waals surface area contributed by atoms with Gasteiger partial charge in [0.15, 0.2) is 5.78 Å². The lowest BCUT2D eigenvalue weighted by molar-refractivity contribution is 0.0947. The van der Waals surface area contributed by atoms with Crippen molar-refractivity contribution in [3.05, 3.63) is 102 Å². The number of hydrogen-bond donors (Lipinski definition) is 1. The van der Waals surface area contributed by atoms with Gasteiger partial charge >= 0.3 is 0 Å². The van der Waals surface area contributed by atoms with Crippen LogP contribution in [0.5, 0.6) is 0 Å². The second-order valence-corrected chi connectivity index (χ2v) is 5.61. The van der Waals surface area contributed by atoms with Gasteiger partial charge in [0.2, 0.25) is 0 Å². The van der Waals surface area contributed by atoms with Crippen LogP contribution in [0.2, 0.25) is 0 Å². The highest BCUT2D eigenvalue weighted by molar-refractivity contribution is 6.01. The van der Waals surface area contributed by atoms with Gasteiger partial charge in [-0.3, -0.25) is 15.1 Å². The van der Waals surface area contributed by atoms with Gasteiger partial charge in [0.1, 0.15) is 0 Å². The van der Waals surface area contributed by atoms with E-state index in [4.69, 9.17) is 0 Å². The molecule has 3 rings (SSSR count). The molecule has 0 heterocycles. The maximum Gasteiger partial charge on any atom is 0.172 e. The molecule has 0 bridgehead atoms. The van der Waals surface area contributed by atoms with Gasteiger partial charge in [-0.25, -0.2) is 0 Å². The fraction of sp³-hybridized carbons (Fsp3) is 0.0952. The average molecular weight is 317 g/mol. The molecule has 0 aliphatic rings. The minimum absolute atomic E-state index is 0.00298. The first-order valence-electron chi connectivity index (χ1n) is 7.91. The Hall–Kier alpha value is -2.91. The van der Waals surface area contributed by atoms with E-state index in [9.17, 15) is 10.0 Å². The van der Waals surface area contributed by atoms with E-state index in [-0.39, 0.29) is 12.3 Å². The molecule has 3 aromatic carbocycles. The van der Waals surface area contributed by atoms with Crippen molar-refractivity contribution in [2.24, 2.45) is 0 Å². The third kappa shape index (κ3) is 3.70. The van der Waals surface area contributed by atoms with Crippen molar-refractivity contribution in [3.63, 3.8) is 0 Å². The van der Waals surface area contributed by atoms with Crippen LogP contribution in [-0.2, 0) is 0 Å². The third-order valence-corrected chi connectivity index (χ3v) is 3.99. The van der Waals surface area contributed by atoms with E-state index in [2.05, 4.69) is 0 Å². The molecule has 0 aliphatic carbocycles. The lowest BCUT2D eigenvalue weighted by atomic mass is 9.90. The molecule has 3 nitrogen and oxygen atoms in total. The lowest BCUT2D eigenvalue weighted by Gasteiger charge is -2.23. The Kier molecular flexibility index (Phi) is 5.04. The normalized spacial score (nSPS) is 11.7. The summed E-state index contributed by atoms with van der Waals surface area (Å²) in [5, 5.41) is 11.6. The number of carbonyl (C=O) groups is 1. The van der Waals surface area contributed by atoms with Crippen molar-refractivity contribution in [1.82, 2.24) is 0 Å². The first kappa shape index (κ1) is 16.0. The highest BCUT2D eigenvalue weighted by Gasteiger charge is 2.24. The largest absolute Gasteiger partial charge is 0.293 e. The molecule has 0 spiro atoms. The fourth-order valence-electron chi connectivity index (χ4n) is 2.71. The number of hydroxylamine groups is 1. The van der Waals surface area contributed by atoms with Gasteiger partial charge in [0.25, 0.3) is 0 Å². The van der Waals surface area contributed by atoms with Crippen LogP contribution < -0.4 is 5.06 Å². The Morgan fingerprint density at radius 3 is 1.88 bits per heavy atom. The maximum absolute atomic E-state index is 13.0. The minimum Gasteiger partial charge on any atom is -0.293 e. The number of benzene rings is 3. The molecule has 0 saturated heterocycles. The van der Waals surface area contributed by atoms with Gasteiger partial charge in [-0.1, -0.05) is 78.9 Å². The Labute approximate surface area is 141 Å². The highest BCUT2D eigenvalue weighted by Crippen LogP contribution is 2.24. The monoisotopic (exact) mass is 317 g/mol. The Bertz CT molecular complexity index is 773. The zero-order chi connectivity index (χ0) is 16.8. The first-order chi connectivity index (χ1) is 11.8. The van der Waals surface area contributed by atoms with E-state index in [0.717, 1.165) is 10.6 Å². The van der Waals surface area contributed by atoms with Crippen molar-refractivity contribution < 1.29 is 10.0 Å². The zero-order valence-corrected chi connectivity index (χ0v) is 13.2. The number of nitrogens with zero attached hydrogens (tertiary/aromatic N) is 1. The average Bonchev–Trinajstić information content (AvgIpc) is 2.67. The van der Waals surface area contributed by atoms with Gasteiger partial charge in [-0.15, -0.1) is 0 Å². The van der Waals surface area contributed by atoms with E-state index in [1.807, 2.05) is 91.0 Å². The molecule has 0 unspecified atom stereocenters. The molecule has 0 aliphatic heterocycles. The predicted octanol–water partition coefficient (Wildman–Crippen LogP) is 4.55. The Balaban J connectivity index is 1.90. The van der Waals surface area contributed by atoms with E-state index >= 15 is 0 Å². The third-order valence-electron chi connectivity index (χ3n) is 3.99. The number of Topliss-reactive ketones (excluding diaryl/α,β-unsaturated/α-hetero) is 1. The van der Waals surface area contributed by atoms with Crippen LogP contribution in [0.15, 0.2) is 91.0 Å². The van der Waals surface area contributed by atoms with E-state index in [1.165, 1.54) is 0 Å². The number of rotatable bonds is 6. The molecule has 120 valence electrons. The van der Waals surface area contributed by atoms with Crippen LogP contribution in [0.4, 0.5) is 5.69 Å². The summed E-state index contributed by atoms with van der Waals surface area (Å²) in [6.45, 7) is 0.196. The van der Waals surface area contributed by atoms with E-state index in [0.29, 0.717) is 11.3 Å². The van der Waals surface area contributed by atoms with Gasteiger partial charge < -0.3 is 0 Å². The summed E-state index contributed by atoms with van der Waals surface area (Å²) in [5.41, 5.74) is 2.20. The lowest BCUT2D eigenvalue weighted by Crippen LogP contribution is -2.29. The van der Waals surface area contributed by atoms with Crippen molar-refractivity contribution in [3.8, 4) is 0 Å². The minimum atomic E-state index is -0.446. The van der Waals surface area contributed by atoms with Gasteiger partial charge in [0.05, 0.1) is 18.2 Å². The number of carbonyl (C=O) groups excluding carboxylic acids is 1. The Morgan fingerprint density at radius 1 is 0.792 bits per heavy atom. The fourth-order valence-corrected chi connectivity index (χ4v) is 2.71. The molecular weight excluding hydrogens is 298 g/mol. The summed E-state index contributed by atoms with van der Waals surface area (Å²) < 4.78 is 0. The van der Waals surface area contributed by atoms with Crippen LogP contribution in [0.3, 0.4) is 0 Å². The number of ketones is 1. The summed E-state index contributed by atoms with van der Waals surface area (Å²) >= 11 is 0. The molecular formula is C21H19NO2. The zero-order valence-electron chi connectivity index (χ0n) is 13.2. The SMILES string of the molecule is O=C(c1ccccc1)[C@@H](CN(O)c1ccccc1)c1ccccc1. The molecule has 0 fully saturated rings. The highest BCUT2D eigenvalue weighted by atomic mass is 16.5.